The highest BCUT2D eigenvalue weighted by atomic mass is 16.5. The van der Waals surface area contributed by atoms with Crippen LogP contribution in [0.3, 0.4) is 0 Å². The van der Waals surface area contributed by atoms with Gasteiger partial charge >= 0.3 is 0 Å². The molecule has 0 aliphatic rings. The lowest BCUT2D eigenvalue weighted by Crippen LogP contribution is -2.05. The van der Waals surface area contributed by atoms with Crippen LogP contribution in [0.5, 0.6) is 0 Å². The minimum absolute atomic E-state index is 0.619. The Labute approximate surface area is 129 Å². The van der Waals surface area contributed by atoms with E-state index in [1.54, 1.807) is 6.92 Å². The highest BCUT2D eigenvalue weighted by Crippen LogP contribution is 2.29. The molecular formula is C18H20N2O2. The van der Waals surface area contributed by atoms with Crippen molar-refractivity contribution in [3.05, 3.63) is 48.0 Å². The number of hydrogen-bond acceptors (Lipinski definition) is 3. The molecule has 4 heteroatoms. The Balaban J connectivity index is 2.20. The highest BCUT2D eigenvalue weighted by molar-refractivity contribution is 6.11. The van der Waals surface area contributed by atoms with E-state index in [-0.39, 0.29) is 0 Å². The van der Waals surface area contributed by atoms with Crippen LogP contribution in [0.4, 0.5) is 0 Å². The standard InChI is InChI=1S/C18H20N2O2/c1-3-22-11-10-20-17-7-5-4-6-15(17)16-12-14(13(2)19-21)8-9-18(16)20/h4-9,12,21H,3,10-11H2,1-2H3. The molecule has 3 aromatic rings. The zero-order chi connectivity index (χ0) is 15.5. The lowest BCUT2D eigenvalue weighted by Gasteiger charge is -2.07. The molecule has 22 heavy (non-hydrogen) atoms. The number of para-hydroxylation sites is 1. The Hall–Kier alpha value is -2.33. The fourth-order valence-corrected chi connectivity index (χ4v) is 2.88. The summed E-state index contributed by atoms with van der Waals surface area (Å²) in [6, 6.07) is 14.5. The monoisotopic (exact) mass is 296 g/mol. The maximum absolute atomic E-state index is 8.99. The second kappa shape index (κ2) is 6.20. The van der Waals surface area contributed by atoms with Gasteiger partial charge in [0.2, 0.25) is 0 Å². The van der Waals surface area contributed by atoms with E-state index in [0.29, 0.717) is 12.3 Å². The van der Waals surface area contributed by atoms with Gasteiger partial charge in [0.1, 0.15) is 0 Å². The second-order valence-corrected chi connectivity index (χ2v) is 5.28. The van der Waals surface area contributed by atoms with Gasteiger partial charge in [0.25, 0.3) is 0 Å². The fraction of sp³-hybridized carbons (Fsp3) is 0.278. The zero-order valence-electron chi connectivity index (χ0n) is 12.9. The SMILES string of the molecule is CCOCCn1c2ccccc2c2cc(C(C)=NO)ccc21. The smallest absolute Gasteiger partial charge is 0.0837 e. The van der Waals surface area contributed by atoms with Crippen LogP contribution in [0, 0.1) is 0 Å². The highest BCUT2D eigenvalue weighted by Gasteiger charge is 2.11. The van der Waals surface area contributed by atoms with E-state index >= 15 is 0 Å². The lowest BCUT2D eigenvalue weighted by molar-refractivity contribution is 0.140. The van der Waals surface area contributed by atoms with Crippen LogP contribution in [-0.2, 0) is 11.3 Å². The summed E-state index contributed by atoms with van der Waals surface area (Å²) in [5.41, 5.74) is 3.93. The average Bonchev–Trinajstić information content (AvgIpc) is 2.88. The Morgan fingerprint density at radius 1 is 1.14 bits per heavy atom. The number of fused-ring (bicyclic) bond motifs is 3. The minimum atomic E-state index is 0.619. The molecule has 0 bridgehead atoms. The molecule has 0 radical (unpaired) electrons. The average molecular weight is 296 g/mol. The third-order valence-corrected chi connectivity index (χ3v) is 4.00. The molecule has 0 saturated heterocycles. The first kappa shape index (κ1) is 14.6. The van der Waals surface area contributed by atoms with E-state index < -0.39 is 0 Å². The molecule has 0 unspecified atom stereocenters. The quantitative estimate of drug-likeness (QED) is 0.334. The van der Waals surface area contributed by atoms with Crippen molar-refractivity contribution < 1.29 is 9.94 Å². The number of ether oxygens (including phenoxy) is 1. The molecule has 0 spiro atoms. The number of oxime groups is 1. The molecule has 1 aromatic heterocycles. The van der Waals surface area contributed by atoms with Crippen molar-refractivity contribution >= 4 is 27.5 Å². The van der Waals surface area contributed by atoms with E-state index in [0.717, 1.165) is 18.7 Å². The van der Waals surface area contributed by atoms with Crippen LogP contribution >= 0.6 is 0 Å². The first-order valence-corrected chi connectivity index (χ1v) is 7.54. The maximum Gasteiger partial charge on any atom is 0.0837 e. The van der Waals surface area contributed by atoms with Crippen LogP contribution < -0.4 is 0 Å². The number of rotatable bonds is 5. The maximum atomic E-state index is 8.99. The van der Waals surface area contributed by atoms with E-state index in [9.17, 15) is 0 Å². The van der Waals surface area contributed by atoms with Crippen molar-refractivity contribution in [2.24, 2.45) is 5.16 Å². The van der Waals surface area contributed by atoms with E-state index in [2.05, 4.69) is 40.1 Å². The Bertz CT molecular complexity index is 834. The summed E-state index contributed by atoms with van der Waals surface area (Å²) in [4.78, 5) is 0. The molecule has 0 amide bonds. The van der Waals surface area contributed by atoms with Crippen molar-refractivity contribution in [2.75, 3.05) is 13.2 Å². The molecule has 114 valence electrons. The van der Waals surface area contributed by atoms with Crippen molar-refractivity contribution in [1.82, 2.24) is 4.57 Å². The summed E-state index contributed by atoms with van der Waals surface area (Å²) in [6.45, 7) is 6.06. The predicted octanol–water partition coefficient (Wildman–Crippen LogP) is 4.03. The molecule has 2 aromatic carbocycles. The van der Waals surface area contributed by atoms with E-state index in [1.165, 1.54) is 21.8 Å². The summed E-state index contributed by atoms with van der Waals surface area (Å²) >= 11 is 0. The number of benzene rings is 2. The fourth-order valence-electron chi connectivity index (χ4n) is 2.88. The lowest BCUT2D eigenvalue weighted by atomic mass is 10.1. The van der Waals surface area contributed by atoms with Crippen molar-refractivity contribution in [3.63, 3.8) is 0 Å². The molecule has 1 N–H and O–H groups in total. The van der Waals surface area contributed by atoms with Crippen LogP contribution in [-0.4, -0.2) is 28.7 Å². The number of nitrogens with zero attached hydrogens (tertiary/aromatic N) is 2. The number of aromatic nitrogens is 1. The van der Waals surface area contributed by atoms with Crippen LogP contribution in [0.1, 0.15) is 19.4 Å². The first-order chi connectivity index (χ1) is 10.8. The van der Waals surface area contributed by atoms with Gasteiger partial charge in [-0.1, -0.05) is 29.4 Å². The molecule has 0 atom stereocenters. The molecule has 0 aliphatic carbocycles. The Morgan fingerprint density at radius 3 is 2.68 bits per heavy atom. The Kier molecular flexibility index (Phi) is 4.11. The van der Waals surface area contributed by atoms with Gasteiger partial charge in [0.15, 0.2) is 0 Å². The van der Waals surface area contributed by atoms with Gasteiger partial charge in [-0.3, -0.25) is 0 Å². The van der Waals surface area contributed by atoms with Gasteiger partial charge in [0, 0.05) is 35.0 Å². The second-order valence-electron chi connectivity index (χ2n) is 5.28. The van der Waals surface area contributed by atoms with Gasteiger partial charge in [-0.15, -0.1) is 0 Å². The zero-order valence-corrected chi connectivity index (χ0v) is 12.9. The van der Waals surface area contributed by atoms with Gasteiger partial charge < -0.3 is 14.5 Å². The van der Waals surface area contributed by atoms with Gasteiger partial charge in [0.05, 0.1) is 12.3 Å². The van der Waals surface area contributed by atoms with Crippen LogP contribution in [0.2, 0.25) is 0 Å². The predicted molar refractivity (Wildman–Crippen MR) is 89.9 cm³/mol. The number of hydrogen-bond donors (Lipinski definition) is 1. The summed E-state index contributed by atoms with van der Waals surface area (Å²) in [7, 11) is 0. The van der Waals surface area contributed by atoms with Gasteiger partial charge in [-0.2, -0.15) is 0 Å². The third kappa shape index (κ3) is 2.46. The van der Waals surface area contributed by atoms with Gasteiger partial charge in [-0.05, 0) is 37.6 Å². The molecule has 4 nitrogen and oxygen atoms in total. The summed E-state index contributed by atoms with van der Waals surface area (Å²) in [5.74, 6) is 0. The van der Waals surface area contributed by atoms with Crippen molar-refractivity contribution in [1.29, 1.82) is 0 Å². The molecular weight excluding hydrogens is 276 g/mol. The summed E-state index contributed by atoms with van der Waals surface area (Å²) in [5, 5.41) is 14.7. The summed E-state index contributed by atoms with van der Waals surface area (Å²) in [6.07, 6.45) is 0. The van der Waals surface area contributed by atoms with Crippen molar-refractivity contribution in [3.8, 4) is 0 Å². The first-order valence-electron chi connectivity index (χ1n) is 7.54. The van der Waals surface area contributed by atoms with E-state index in [1.807, 2.05) is 19.1 Å². The van der Waals surface area contributed by atoms with E-state index in [4.69, 9.17) is 9.94 Å². The third-order valence-electron chi connectivity index (χ3n) is 4.00. The molecule has 0 aliphatic heterocycles. The molecule has 3 rings (SSSR count). The Morgan fingerprint density at radius 2 is 1.91 bits per heavy atom. The minimum Gasteiger partial charge on any atom is -0.411 e. The van der Waals surface area contributed by atoms with Crippen LogP contribution in [0.25, 0.3) is 21.8 Å². The molecule has 0 fully saturated rings. The van der Waals surface area contributed by atoms with Gasteiger partial charge in [-0.25, -0.2) is 0 Å². The largest absolute Gasteiger partial charge is 0.411 e. The van der Waals surface area contributed by atoms with Crippen LogP contribution in [0.15, 0.2) is 47.6 Å². The summed E-state index contributed by atoms with van der Waals surface area (Å²) < 4.78 is 7.80. The van der Waals surface area contributed by atoms with Crippen molar-refractivity contribution in [2.45, 2.75) is 20.4 Å². The normalized spacial score (nSPS) is 12.4. The molecule has 1 heterocycles. The topological polar surface area (TPSA) is 46.8 Å². The molecule has 0 saturated carbocycles.